The van der Waals surface area contributed by atoms with Gasteiger partial charge in [0.2, 0.25) is 0 Å². The molecule has 0 bridgehead atoms. The summed E-state index contributed by atoms with van der Waals surface area (Å²) in [4.78, 5) is 18.7. The van der Waals surface area contributed by atoms with E-state index < -0.39 is 0 Å². The van der Waals surface area contributed by atoms with E-state index in [1.54, 1.807) is 13.2 Å². The third kappa shape index (κ3) is 2.20. The Balaban J connectivity index is 1.99. The third-order valence-electron chi connectivity index (χ3n) is 3.73. The summed E-state index contributed by atoms with van der Waals surface area (Å²) >= 11 is 0. The molecule has 1 unspecified atom stereocenters. The van der Waals surface area contributed by atoms with Crippen LogP contribution in [0.3, 0.4) is 0 Å². The molecule has 3 rings (SSSR count). The minimum Gasteiger partial charge on any atom is -0.384 e. The first-order valence-electron chi connectivity index (χ1n) is 6.66. The lowest BCUT2D eigenvalue weighted by Gasteiger charge is -2.17. The second kappa shape index (κ2) is 5.09. The Labute approximate surface area is 117 Å². The molecule has 1 amide bonds. The number of methoxy groups -OCH3 is 1. The third-order valence-corrected chi connectivity index (χ3v) is 3.73. The number of anilines is 1. The molecule has 5 heteroatoms. The Hall–Kier alpha value is -2.14. The number of amides is 1. The first-order valence-corrected chi connectivity index (χ1v) is 6.66. The van der Waals surface area contributed by atoms with Gasteiger partial charge in [-0.2, -0.15) is 0 Å². The van der Waals surface area contributed by atoms with Crippen LogP contribution in [0.25, 0.3) is 10.9 Å². The van der Waals surface area contributed by atoms with Gasteiger partial charge in [0.05, 0.1) is 17.2 Å². The summed E-state index contributed by atoms with van der Waals surface area (Å²) in [5, 5.41) is 0.840. The van der Waals surface area contributed by atoms with Gasteiger partial charge in [-0.1, -0.05) is 18.2 Å². The van der Waals surface area contributed by atoms with E-state index in [1.165, 1.54) is 0 Å². The fraction of sp³-hybridized carbons (Fsp3) is 0.333. The van der Waals surface area contributed by atoms with Gasteiger partial charge in [0.1, 0.15) is 5.82 Å². The largest absolute Gasteiger partial charge is 0.384 e. The molecule has 1 aromatic carbocycles. The number of likely N-dealkylation sites (tertiary alicyclic amines) is 1. The Morgan fingerprint density at radius 3 is 3.00 bits per heavy atom. The van der Waals surface area contributed by atoms with Crippen LogP contribution in [0.1, 0.15) is 16.8 Å². The number of hydrogen-bond acceptors (Lipinski definition) is 4. The summed E-state index contributed by atoms with van der Waals surface area (Å²) < 4.78 is 5.31. The molecule has 0 spiro atoms. The molecule has 20 heavy (non-hydrogen) atoms. The Bertz CT molecular complexity index is 657. The standard InChI is InChI=1S/C15H17N3O2/c1-20-10-6-7-18(9-10)15(19)12-8-14(16)17-13-5-3-2-4-11(12)13/h2-5,8,10H,6-7,9H2,1H3,(H2,16,17). The molecule has 1 fully saturated rings. The number of carbonyl (C=O) groups is 1. The molecule has 2 N–H and O–H groups in total. The van der Waals surface area contributed by atoms with Crippen molar-refractivity contribution in [2.75, 3.05) is 25.9 Å². The number of para-hydroxylation sites is 1. The van der Waals surface area contributed by atoms with Crippen LogP contribution in [-0.2, 0) is 4.74 Å². The van der Waals surface area contributed by atoms with Crippen LogP contribution in [0, 0.1) is 0 Å². The number of fused-ring (bicyclic) bond motifs is 1. The zero-order valence-electron chi connectivity index (χ0n) is 11.4. The average Bonchev–Trinajstić information content (AvgIpc) is 2.94. The van der Waals surface area contributed by atoms with Gasteiger partial charge in [-0.05, 0) is 18.6 Å². The predicted molar refractivity (Wildman–Crippen MR) is 77.5 cm³/mol. The Morgan fingerprint density at radius 2 is 2.25 bits per heavy atom. The zero-order valence-corrected chi connectivity index (χ0v) is 11.4. The van der Waals surface area contributed by atoms with Crippen LogP contribution < -0.4 is 5.73 Å². The van der Waals surface area contributed by atoms with Gasteiger partial charge in [0, 0.05) is 25.6 Å². The normalized spacial score (nSPS) is 18.6. The minimum atomic E-state index is -0.00477. The van der Waals surface area contributed by atoms with Gasteiger partial charge >= 0.3 is 0 Å². The molecule has 1 atom stereocenters. The summed E-state index contributed by atoms with van der Waals surface area (Å²) in [7, 11) is 1.68. The van der Waals surface area contributed by atoms with Crippen molar-refractivity contribution < 1.29 is 9.53 Å². The lowest BCUT2D eigenvalue weighted by atomic mass is 10.1. The quantitative estimate of drug-likeness (QED) is 0.902. The molecule has 1 aromatic heterocycles. The first-order chi connectivity index (χ1) is 9.69. The van der Waals surface area contributed by atoms with Crippen molar-refractivity contribution in [3.63, 3.8) is 0 Å². The maximum atomic E-state index is 12.7. The molecule has 0 saturated carbocycles. The number of rotatable bonds is 2. The van der Waals surface area contributed by atoms with Crippen LogP contribution in [0.4, 0.5) is 5.82 Å². The van der Waals surface area contributed by atoms with Crippen molar-refractivity contribution in [1.82, 2.24) is 9.88 Å². The van der Waals surface area contributed by atoms with Crippen molar-refractivity contribution in [2.24, 2.45) is 0 Å². The van der Waals surface area contributed by atoms with E-state index in [0.29, 0.717) is 24.5 Å². The summed E-state index contributed by atoms with van der Waals surface area (Å²) in [5.41, 5.74) is 7.17. The highest BCUT2D eigenvalue weighted by Gasteiger charge is 2.27. The fourth-order valence-electron chi connectivity index (χ4n) is 2.65. The molecule has 2 aromatic rings. The number of carbonyl (C=O) groups excluding carboxylic acids is 1. The molecule has 5 nitrogen and oxygen atoms in total. The molecule has 104 valence electrons. The maximum Gasteiger partial charge on any atom is 0.254 e. The van der Waals surface area contributed by atoms with Crippen LogP contribution in [0.2, 0.25) is 0 Å². The second-order valence-corrected chi connectivity index (χ2v) is 5.01. The van der Waals surface area contributed by atoms with Crippen LogP contribution in [-0.4, -0.2) is 42.1 Å². The van der Waals surface area contributed by atoms with Crippen molar-refractivity contribution in [1.29, 1.82) is 0 Å². The summed E-state index contributed by atoms with van der Waals surface area (Å²) in [6.07, 6.45) is 1.00. The predicted octanol–water partition coefficient (Wildman–Crippen LogP) is 1.68. The average molecular weight is 271 g/mol. The maximum absolute atomic E-state index is 12.7. The molecule has 0 aliphatic carbocycles. The summed E-state index contributed by atoms with van der Waals surface area (Å²) in [6, 6.07) is 9.22. The highest BCUT2D eigenvalue weighted by molar-refractivity contribution is 6.07. The lowest BCUT2D eigenvalue weighted by Crippen LogP contribution is -2.30. The topological polar surface area (TPSA) is 68.5 Å². The summed E-state index contributed by atoms with van der Waals surface area (Å²) in [5.74, 6) is 0.365. The van der Waals surface area contributed by atoms with E-state index in [4.69, 9.17) is 10.5 Å². The van der Waals surface area contributed by atoms with Gasteiger partial charge in [0.15, 0.2) is 0 Å². The highest BCUT2D eigenvalue weighted by Crippen LogP contribution is 2.23. The number of nitrogens with zero attached hydrogens (tertiary/aromatic N) is 2. The van der Waals surface area contributed by atoms with Crippen molar-refractivity contribution >= 4 is 22.6 Å². The molecule has 1 aliphatic rings. The van der Waals surface area contributed by atoms with Crippen molar-refractivity contribution in [3.8, 4) is 0 Å². The summed E-state index contributed by atoms with van der Waals surface area (Å²) in [6.45, 7) is 1.35. The zero-order chi connectivity index (χ0) is 14.1. The fourth-order valence-corrected chi connectivity index (χ4v) is 2.65. The molecular formula is C15H17N3O2. The van der Waals surface area contributed by atoms with E-state index in [9.17, 15) is 4.79 Å². The first kappa shape index (κ1) is 12.9. The number of aromatic nitrogens is 1. The number of hydrogen-bond donors (Lipinski definition) is 1. The SMILES string of the molecule is COC1CCN(C(=O)c2cc(N)nc3ccccc23)C1. The number of ether oxygens (including phenoxy) is 1. The van der Waals surface area contributed by atoms with Crippen LogP contribution in [0.5, 0.6) is 0 Å². The monoisotopic (exact) mass is 271 g/mol. The van der Waals surface area contributed by atoms with Crippen LogP contribution >= 0.6 is 0 Å². The number of nitrogens with two attached hydrogens (primary N) is 1. The lowest BCUT2D eigenvalue weighted by molar-refractivity contribution is 0.0726. The van der Waals surface area contributed by atoms with Crippen molar-refractivity contribution in [3.05, 3.63) is 35.9 Å². The van der Waals surface area contributed by atoms with Gasteiger partial charge in [0.25, 0.3) is 5.91 Å². The van der Waals surface area contributed by atoms with E-state index in [-0.39, 0.29) is 12.0 Å². The van der Waals surface area contributed by atoms with E-state index in [2.05, 4.69) is 4.98 Å². The van der Waals surface area contributed by atoms with E-state index >= 15 is 0 Å². The van der Waals surface area contributed by atoms with E-state index in [1.807, 2.05) is 29.2 Å². The molecule has 2 heterocycles. The Morgan fingerprint density at radius 1 is 1.45 bits per heavy atom. The van der Waals surface area contributed by atoms with Gasteiger partial charge in [-0.3, -0.25) is 4.79 Å². The minimum absolute atomic E-state index is 0.00477. The van der Waals surface area contributed by atoms with E-state index in [0.717, 1.165) is 17.3 Å². The molecule has 0 radical (unpaired) electrons. The highest BCUT2D eigenvalue weighted by atomic mass is 16.5. The molecule has 1 saturated heterocycles. The number of benzene rings is 1. The Kier molecular flexibility index (Phi) is 3.28. The van der Waals surface area contributed by atoms with Crippen molar-refractivity contribution in [2.45, 2.75) is 12.5 Å². The second-order valence-electron chi connectivity index (χ2n) is 5.01. The van der Waals surface area contributed by atoms with Gasteiger partial charge < -0.3 is 15.4 Å². The van der Waals surface area contributed by atoms with Gasteiger partial charge in [-0.15, -0.1) is 0 Å². The number of pyridine rings is 1. The van der Waals surface area contributed by atoms with Crippen LogP contribution in [0.15, 0.2) is 30.3 Å². The molecular weight excluding hydrogens is 254 g/mol. The number of nitrogen functional groups attached to an aromatic ring is 1. The molecule has 1 aliphatic heterocycles. The smallest absolute Gasteiger partial charge is 0.254 e. The van der Waals surface area contributed by atoms with Gasteiger partial charge in [-0.25, -0.2) is 4.98 Å².